The van der Waals surface area contributed by atoms with Crippen LogP contribution in [0.2, 0.25) is 5.02 Å². The lowest BCUT2D eigenvalue weighted by molar-refractivity contribution is 0.242. The zero-order chi connectivity index (χ0) is 23.2. The maximum Gasteiger partial charge on any atom is 0.318 e. The molecule has 0 fully saturated rings. The van der Waals surface area contributed by atoms with E-state index in [0.717, 1.165) is 71.7 Å². The summed E-state index contributed by atoms with van der Waals surface area (Å²) in [5.74, 6) is 0.862. The topological polar surface area (TPSA) is 83.3 Å². The van der Waals surface area contributed by atoms with Crippen LogP contribution in [-0.2, 0) is 0 Å². The minimum atomic E-state index is -0.139. The number of aromatic nitrogens is 3. The summed E-state index contributed by atoms with van der Waals surface area (Å²) in [7, 11) is 1.99. The van der Waals surface area contributed by atoms with Crippen molar-refractivity contribution in [3.8, 4) is 11.3 Å². The summed E-state index contributed by atoms with van der Waals surface area (Å²) >= 11 is 6.40. The van der Waals surface area contributed by atoms with Gasteiger partial charge in [-0.05, 0) is 49.7 Å². The molecule has 2 heterocycles. The zero-order valence-corrected chi connectivity index (χ0v) is 19.7. The molecular formula is C24H28BClN6O. The van der Waals surface area contributed by atoms with Crippen LogP contribution in [0.25, 0.3) is 16.9 Å². The predicted octanol–water partition coefficient (Wildman–Crippen LogP) is 3.42. The zero-order valence-electron chi connectivity index (χ0n) is 19.0. The van der Waals surface area contributed by atoms with Gasteiger partial charge in [-0.25, -0.2) is 9.78 Å². The number of nitrogens with zero attached hydrogens (tertiary/aromatic N) is 3. The van der Waals surface area contributed by atoms with E-state index >= 15 is 0 Å². The van der Waals surface area contributed by atoms with Gasteiger partial charge >= 0.3 is 6.03 Å². The molecule has 0 atom stereocenters. The Kier molecular flexibility index (Phi) is 7.34. The number of allylic oxidation sites excluding steroid dienone is 4. The molecule has 0 aliphatic heterocycles. The molecule has 3 N–H and O–H groups in total. The van der Waals surface area contributed by atoms with Gasteiger partial charge in [-0.3, -0.25) is 0 Å². The minimum Gasteiger partial charge on any atom is -0.370 e. The van der Waals surface area contributed by atoms with Crippen LogP contribution in [0.1, 0.15) is 32.6 Å². The van der Waals surface area contributed by atoms with Gasteiger partial charge in [0.2, 0.25) is 0 Å². The van der Waals surface area contributed by atoms with Gasteiger partial charge in [0.05, 0.1) is 5.69 Å². The van der Waals surface area contributed by atoms with Crippen molar-refractivity contribution in [1.82, 2.24) is 25.2 Å². The van der Waals surface area contributed by atoms with E-state index in [4.69, 9.17) is 16.6 Å². The van der Waals surface area contributed by atoms with Gasteiger partial charge in [0, 0.05) is 41.6 Å². The van der Waals surface area contributed by atoms with E-state index < -0.39 is 0 Å². The first-order valence-corrected chi connectivity index (χ1v) is 11.7. The van der Waals surface area contributed by atoms with Gasteiger partial charge in [0.25, 0.3) is 0 Å². The molecule has 170 valence electrons. The number of halogens is 1. The Hall–Kier alpha value is -3.26. The number of carbonyl (C=O) groups is 1. The highest BCUT2D eigenvalue weighted by atomic mass is 35.5. The summed E-state index contributed by atoms with van der Waals surface area (Å²) in [5, 5.41) is 14.5. The van der Waals surface area contributed by atoms with Crippen molar-refractivity contribution in [1.29, 1.82) is 0 Å². The van der Waals surface area contributed by atoms with Crippen molar-refractivity contribution in [3.63, 3.8) is 0 Å². The van der Waals surface area contributed by atoms with Gasteiger partial charge in [-0.15, -0.1) is 0 Å². The number of anilines is 1. The van der Waals surface area contributed by atoms with Crippen LogP contribution in [0.15, 0.2) is 60.0 Å². The van der Waals surface area contributed by atoms with Crippen LogP contribution < -0.4 is 21.4 Å². The van der Waals surface area contributed by atoms with Crippen LogP contribution in [0, 0.1) is 0 Å². The van der Waals surface area contributed by atoms with Gasteiger partial charge in [-0.1, -0.05) is 42.0 Å². The molecule has 0 spiro atoms. The lowest BCUT2D eigenvalue weighted by atomic mass is 10.0. The molecule has 2 aromatic heterocycles. The third-order valence-corrected chi connectivity index (χ3v) is 5.99. The van der Waals surface area contributed by atoms with Gasteiger partial charge in [0.15, 0.2) is 5.65 Å². The molecule has 0 saturated heterocycles. The summed E-state index contributed by atoms with van der Waals surface area (Å²) in [6.45, 7) is 3.39. The van der Waals surface area contributed by atoms with Crippen LogP contribution in [0.4, 0.5) is 10.6 Å². The molecule has 7 nitrogen and oxygen atoms in total. The first-order chi connectivity index (χ1) is 16.0. The van der Waals surface area contributed by atoms with Crippen LogP contribution in [0.5, 0.6) is 0 Å². The minimum absolute atomic E-state index is 0.139. The number of carbonyl (C=O) groups excluding carboxylic acids is 1. The molecule has 9 heteroatoms. The Labute approximate surface area is 199 Å². The van der Waals surface area contributed by atoms with Crippen molar-refractivity contribution < 1.29 is 4.79 Å². The molecule has 2 amide bonds. The average Bonchev–Trinajstić information content (AvgIpc) is 3.18. The first kappa shape index (κ1) is 22.9. The molecule has 0 unspecified atom stereocenters. The predicted molar refractivity (Wildman–Crippen MR) is 137 cm³/mol. The highest BCUT2D eigenvalue weighted by Gasteiger charge is 2.12. The van der Waals surface area contributed by atoms with Crippen LogP contribution >= 0.6 is 11.6 Å². The molecule has 4 rings (SSSR count). The summed E-state index contributed by atoms with van der Waals surface area (Å²) in [6, 6.07) is 9.53. The molecule has 0 saturated carbocycles. The second kappa shape index (κ2) is 10.6. The normalized spacial score (nSPS) is 13.4. The maximum absolute atomic E-state index is 12.1. The van der Waals surface area contributed by atoms with E-state index in [0.29, 0.717) is 11.6 Å². The second-order valence-corrected chi connectivity index (χ2v) is 8.59. The Morgan fingerprint density at radius 3 is 2.88 bits per heavy atom. The Morgan fingerprint density at radius 1 is 1.24 bits per heavy atom. The summed E-state index contributed by atoms with van der Waals surface area (Å²) < 4.78 is 1.82. The molecule has 0 radical (unpaired) electrons. The fourth-order valence-electron chi connectivity index (χ4n) is 3.80. The standard InChI is InChI=1S/C24H28BClN6O/c1-16-8-2-5-11-20(16)31-24(33)28-13-7-6-12-27-22-14-21(17-9-3-4-10-19(17)26)30-23-18(25)15-29-32(22)23/h2-4,8-10,14-15,27H,5-7,11-13,25H2,1H3,(H2,28,31,33). The molecular weight excluding hydrogens is 435 g/mol. The molecule has 1 aromatic carbocycles. The van der Waals surface area contributed by atoms with Crippen molar-refractivity contribution in [2.45, 2.75) is 32.6 Å². The lowest BCUT2D eigenvalue weighted by Gasteiger charge is -2.15. The highest BCUT2D eigenvalue weighted by molar-refractivity contribution is 6.36. The fourth-order valence-corrected chi connectivity index (χ4v) is 4.03. The van der Waals surface area contributed by atoms with Gasteiger partial charge in [-0.2, -0.15) is 9.61 Å². The average molecular weight is 463 g/mol. The number of urea groups is 1. The molecule has 1 aliphatic rings. The van der Waals surface area contributed by atoms with Gasteiger partial charge in [0.1, 0.15) is 13.7 Å². The molecule has 0 bridgehead atoms. The number of rotatable bonds is 8. The third kappa shape index (κ3) is 5.57. The van der Waals surface area contributed by atoms with Crippen molar-refractivity contribution >= 4 is 42.4 Å². The number of unbranched alkanes of at least 4 members (excludes halogenated alkanes) is 1. The largest absolute Gasteiger partial charge is 0.370 e. The quantitative estimate of drug-likeness (QED) is 0.354. The summed E-state index contributed by atoms with van der Waals surface area (Å²) in [5.41, 5.74) is 5.62. The van der Waals surface area contributed by atoms with Crippen LogP contribution in [-0.4, -0.2) is 41.6 Å². The molecule has 33 heavy (non-hydrogen) atoms. The number of hydrogen-bond donors (Lipinski definition) is 3. The third-order valence-electron chi connectivity index (χ3n) is 5.66. The van der Waals surface area contributed by atoms with E-state index in [2.05, 4.69) is 33.2 Å². The van der Waals surface area contributed by atoms with Gasteiger partial charge < -0.3 is 16.0 Å². The molecule has 3 aromatic rings. The first-order valence-electron chi connectivity index (χ1n) is 11.3. The smallest absolute Gasteiger partial charge is 0.318 e. The number of benzene rings is 1. The number of amides is 2. The van der Waals surface area contributed by atoms with E-state index in [-0.39, 0.29) is 6.03 Å². The Balaban J connectivity index is 1.32. The van der Waals surface area contributed by atoms with Crippen molar-refractivity contribution in [2.24, 2.45) is 0 Å². The molecule has 1 aliphatic carbocycles. The van der Waals surface area contributed by atoms with E-state index in [9.17, 15) is 4.79 Å². The second-order valence-electron chi connectivity index (χ2n) is 8.19. The number of fused-ring (bicyclic) bond motifs is 1. The van der Waals surface area contributed by atoms with E-state index in [1.165, 1.54) is 0 Å². The highest BCUT2D eigenvalue weighted by Crippen LogP contribution is 2.28. The van der Waals surface area contributed by atoms with Crippen molar-refractivity contribution in [2.75, 3.05) is 18.4 Å². The van der Waals surface area contributed by atoms with E-state index in [1.54, 1.807) is 0 Å². The maximum atomic E-state index is 12.1. The Bertz CT molecular complexity index is 1220. The summed E-state index contributed by atoms with van der Waals surface area (Å²) in [6.07, 6.45) is 9.60. The lowest BCUT2D eigenvalue weighted by Crippen LogP contribution is -2.36. The Morgan fingerprint density at radius 2 is 2.06 bits per heavy atom. The number of nitrogens with one attached hydrogen (secondary N) is 3. The SMILES string of the molecule is Bc1cnn2c(NCCCCNC(=O)NC3=C(C)C=CCC3)cc(-c3ccccc3Cl)nc12. The fraction of sp³-hybridized carbons (Fsp3) is 0.292. The van der Waals surface area contributed by atoms with E-state index in [1.807, 2.05) is 55.8 Å². The summed E-state index contributed by atoms with van der Waals surface area (Å²) in [4.78, 5) is 16.9. The van der Waals surface area contributed by atoms with Crippen molar-refractivity contribution in [3.05, 3.63) is 65.0 Å². The number of hydrogen-bond acceptors (Lipinski definition) is 4. The monoisotopic (exact) mass is 462 g/mol. The van der Waals surface area contributed by atoms with Crippen LogP contribution in [0.3, 0.4) is 0 Å².